The number of pyridine rings is 1. The van der Waals surface area contributed by atoms with Gasteiger partial charge in [0.1, 0.15) is 11.3 Å². The molecule has 0 amide bonds. The van der Waals surface area contributed by atoms with Gasteiger partial charge in [-0.3, -0.25) is 4.79 Å². The number of hydrogen-bond donors (Lipinski definition) is 3. The second kappa shape index (κ2) is 8.39. The largest absolute Gasteiger partial charge is 0.477 e. The molecule has 2 fully saturated rings. The molecular weight excluding hydrogens is 442 g/mol. The molecule has 2 heterocycles. The molecule has 4 N–H and O–H groups in total. The van der Waals surface area contributed by atoms with E-state index in [0.717, 1.165) is 18.4 Å². The Morgan fingerprint density at radius 1 is 1.18 bits per heavy atom. The van der Waals surface area contributed by atoms with E-state index in [2.05, 4.69) is 5.32 Å². The van der Waals surface area contributed by atoms with Gasteiger partial charge in [-0.2, -0.15) is 0 Å². The van der Waals surface area contributed by atoms with Gasteiger partial charge in [-0.15, -0.1) is 0 Å². The summed E-state index contributed by atoms with van der Waals surface area (Å²) in [5.74, 6) is -3.17. The molecular formula is C25H26F2N4O3. The van der Waals surface area contributed by atoms with E-state index in [-0.39, 0.29) is 53.4 Å². The SMILES string of the molecule is CC1CN(c2c(F)c(NCc3ccccc3)c3c(=O)c(C(=O)O)cn(C4CC4)c3c2F)CC1N. The first kappa shape index (κ1) is 22.3. The van der Waals surface area contributed by atoms with E-state index in [1.807, 2.05) is 37.3 Å². The second-order valence-corrected chi connectivity index (χ2v) is 9.28. The molecule has 2 aromatic carbocycles. The highest BCUT2D eigenvalue weighted by Gasteiger charge is 2.36. The van der Waals surface area contributed by atoms with Crippen molar-refractivity contribution in [1.29, 1.82) is 0 Å². The zero-order chi connectivity index (χ0) is 24.1. The Kier molecular flexibility index (Phi) is 5.51. The highest BCUT2D eigenvalue weighted by atomic mass is 19.1. The summed E-state index contributed by atoms with van der Waals surface area (Å²) in [5.41, 5.74) is 5.05. The van der Waals surface area contributed by atoms with Crippen molar-refractivity contribution in [3.8, 4) is 0 Å². The molecule has 1 saturated heterocycles. The number of carboxylic acid groups (broad SMARTS) is 1. The fourth-order valence-corrected chi connectivity index (χ4v) is 4.72. The number of aromatic nitrogens is 1. The molecule has 3 aromatic rings. The summed E-state index contributed by atoms with van der Waals surface area (Å²) < 4.78 is 33.6. The van der Waals surface area contributed by atoms with Crippen LogP contribution < -0.4 is 21.4 Å². The summed E-state index contributed by atoms with van der Waals surface area (Å²) in [4.78, 5) is 26.6. The minimum Gasteiger partial charge on any atom is -0.477 e. The Balaban J connectivity index is 1.78. The zero-order valence-corrected chi connectivity index (χ0v) is 18.7. The van der Waals surface area contributed by atoms with E-state index in [4.69, 9.17) is 5.73 Å². The van der Waals surface area contributed by atoms with Crippen LogP contribution in [0.4, 0.5) is 20.2 Å². The topological polar surface area (TPSA) is 101 Å². The summed E-state index contributed by atoms with van der Waals surface area (Å²) in [5, 5.41) is 12.3. The Bertz CT molecular complexity index is 1330. The first-order valence-electron chi connectivity index (χ1n) is 11.4. The number of aromatic carboxylic acids is 1. The molecule has 1 saturated carbocycles. The molecule has 1 aromatic heterocycles. The van der Waals surface area contributed by atoms with Crippen molar-refractivity contribution in [3.63, 3.8) is 0 Å². The molecule has 2 atom stereocenters. The number of halogens is 2. The summed E-state index contributed by atoms with van der Waals surface area (Å²) in [7, 11) is 0. The molecule has 1 aliphatic heterocycles. The number of anilines is 2. The average Bonchev–Trinajstić information content (AvgIpc) is 3.59. The van der Waals surface area contributed by atoms with E-state index < -0.39 is 28.6 Å². The summed E-state index contributed by atoms with van der Waals surface area (Å²) in [6, 6.07) is 8.80. The normalized spacial score (nSPS) is 20.2. The van der Waals surface area contributed by atoms with Gasteiger partial charge in [0.15, 0.2) is 11.6 Å². The van der Waals surface area contributed by atoms with Crippen molar-refractivity contribution in [3.05, 3.63) is 69.5 Å². The van der Waals surface area contributed by atoms with Crippen LogP contribution >= 0.6 is 0 Å². The minimum absolute atomic E-state index is 0.0373. The predicted octanol–water partition coefficient (Wildman–Crippen LogP) is 3.71. The van der Waals surface area contributed by atoms with Gasteiger partial charge in [-0.05, 0) is 24.3 Å². The van der Waals surface area contributed by atoms with E-state index in [0.29, 0.717) is 6.54 Å². The molecule has 0 radical (unpaired) electrons. The monoisotopic (exact) mass is 468 g/mol. The quantitative estimate of drug-likeness (QED) is 0.510. The number of benzene rings is 2. The lowest BCUT2D eigenvalue weighted by atomic mass is 10.1. The van der Waals surface area contributed by atoms with Gasteiger partial charge in [0.05, 0.1) is 16.6 Å². The first-order chi connectivity index (χ1) is 16.3. The number of carbonyl (C=O) groups is 1. The van der Waals surface area contributed by atoms with Gasteiger partial charge >= 0.3 is 5.97 Å². The van der Waals surface area contributed by atoms with Gasteiger partial charge in [-0.25, -0.2) is 13.6 Å². The van der Waals surface area contributed by atoms with Gasteiger partial charge in [-0.1, -0.05) is 37.3 Å². The molecule has 2 aliphatic rings. The summed E-state index contributed by atoms with van der Waals surface area (Å²) in [6.07, 6.45) is 2.64. The van der Waals surface area contributed by atoms with Crippen LogP contribution in [0.25, 0.3) is 10.9 Å². The second-order valence-electron chi connectivity index (χ2n) is 9.28. The number of nitrogens with one attached hydrogen (secondary N) is 1. The fourth-order valence-electron chi connectivity index (χ4n) is 4.72. The molecule has 178 valence electrons. The predicted molar refractivity (Wildman–Crippen MR) is 126 cm³/mol. The smallest absolute Gasteiger partial charge is 0.341 e. The van der Waals surface area contributed by atoms with Crippen molar-refractivity contribution in [1.82, 2.24) is 4.57 Å². The fraction of sp³-hybridized carbons (Fsp3) is 0.360. The summed E-state index contributed by atoms with van der Waals surface area (Å²) in [6.45, 7) is 2.75. The average molecular weight is 469 g/mol. The van der Waals surface area contributed by atoms with Crippen LogP contribution in [0.15, 0.2) is 41.3 Å². The number of fused-ring (bicyclic) bond motifs is 1. The Morgan fingerprint density at radius 3 is 2.47 bits per heavy atom. The lowest BCUT2D eigenvalue weighted by molar-refractivity contribution is 0.0695. The van der Waals surface area contributed by atoms with Crippen LogP contribution in [-0.4, -0.2) is 34.8 Å². The van der Waals surface area contributed by atoms with Crippen LogP contribution in [0.5, 0.6) is 0 Å². The highest BCUT2D eigenvalue weighted by Crippen LogP contribution is 2.43. The lowest BCUT2D eigenvalue weighted by Crippen LogP contribution is -2.30. The Labute approximate surface area is 194 Å². The molecule has 0 spiro atoms. The van der Waals surface area contributed by atoms with Crippen molar-refractivity contribution in [2.45, 2.75) is 38.4 Å². The molecule has 5 rings (SSSR count). The van der Waals surface area contributed by atoms with Crippen molar-refractivity contribution in [2.24, 2.45) is 11.7 Å². The molecule has 9 heteroatoms. The van der Waals surface area contributed by atoms with Gasteiger partial charge in [0.2, 0.25) is 5.43 Å². The van der Waals surface area contributed by atoms with Crippen LogP contribution in [0.3, 0.4) is 0 Å². The van der Waals surface area contributed by atoms with E-state index >= 15 is 8.78 Å². The van der Waals surface area contributed by atoms with Gasteiger partial charge in [0, 0.05) is 37.9 Å². The number of hydrogen-bond acceptors (Lipinski definition) is 5. The van der Waals surface area contributed by atoms with Crippen molar-refractivity contribution in [2.75, 3.05) is 23.3 Å². The number of nitrogens with two attached hydrogens (primary N) is 1. The number of nitrogens with zero attached hydrogens (tertiary/aromatic N) is 2. The maximum Gasteiger partial charge on any atom is 0.341 e. The van der Waals surface area contributed by atoms with E-state index in [1.165, 1.54) is 10.8 Å². The van der Waals surface area contributed by atoms with Crippen LogP contribution in [-0.2, 0) is 6.54 Å². The van der Waals surface area contributed by atoms with Crippen molar-refractivity contribution < 1.29 is 18.7 Å². The molecule has 2 unspecified atom stereocenters. The Hall–Kier alpha value is -3.46. The van der Waals surface area contributed by atoms with Crippen LogP contribution in [0.1, 0.15) is 41.7 Å². The number of rotatable bonds is 6. The van der Waals surface area contributed by atoms with Gasteiger partial charge < -0.3 is 25.6 Å². The van der Waals surface area contributed by atoms with Crippen LogP contribution in [0.2, 0.25) is 0 Å². The molecule has 1 aliphatic carbocycles. The standard InChI is InChI=1S/C25H26F2N4O3/c1-13-10-30(12-17(13)28)23-19(26)21(29-9-14-5-3-2-4-6-14)18-22(20(23)27)31(15-7-8-15)11-16(24(18)32)25(33)34/h2-6,11,13,15,17,29H,7-10,12,28H2,1H3,(H,33,34). The molecule has 34 heavy (non-hydrogen) atoms. The molecule has 0 bridgehead atoms. The Morgan fingerprint density at radius 2 is 1.88 bits per heavy atom. The molecule has 7 nitrogen and oxygen atoms in total. The third kappa shape index (κ3) is 3.69. The third-order valence-electron chi connectivity index (χ3n) is 6.80. The first-order valence-corrected chi connectivity index (χ1v) is 11.4. The summed E-state index contributed by atoms with van der Waals surface area (Å²) >= 11 is 0. The number of carboxylic acids is 1. The van der Waals surface area contributed by atoms with Crippen LogP contribution in [0, 0.1) is 17.6 Å². The third-order valence-corrected chi connectivity index (χ3v) is 6.80. The zero-order valence-electron chi connectivity index (χ0n) is 18.7. The van der Waals surface area contributed by atoms with E-state index in [9.17, 15) is 14.7 Å². The van der Waals surface area contributed by atoms with Crippen molar-refractivity contribution >= 4 is 28.2 Å². The minimum atomic E-state index is -1.43. The van der Waals surface area contributed by atoms with Gasteiger partial charge in [0.25, 0.3) is 0 Å². The maximum absolute atomic E-state index is 16.1. The van der Waals surface area contributed by atoms with E-state index in [1.54, 1.807) is 4.90 Å². The highest BCUT2D eigenvalue weighted by molar-refractivity contribution is 6.00. The lowest BCUT2D eigenvalue weighted by Gasteiger charge is -2.25. The maximum atomic E-state index is 16.1.